The maximum absolute atomic E-state index is 15.6. The fraction of sp³-hybridized carbons (Fsp3) is 0.361. The lowest BCUT2D eigenvalue weighted by atomic mass is 9.96. The minimum atomic E-state index is -3.40. The number of imidazole rings is 1. The second-order valence-electron chi connectivity index (χ2n) is 13.3. The molecule has 3 aliphatic rings. The summed E-state index contributed by atoms with van der Waals surface area (Å²) in [6.45, 7) is 0.333. The summed E-state index contributed by atoms with van der Waals surface area (Å²) >= 11 is 13.4. The number of aliphatic carboxylic acids is 1. The number of amides is 1. The van der Waals surface area contributed by atoms with Crippen LogP contribution in [0.4, 0.5) is 10.1 Å². The second-order valence-corrected chi connectivity index (χ2v) is 16.0. The summed E-state index contributed by atoms with van der Waals surface area (Å²) in [4.78, 5) is 29.6. The van der Waals surface area contributed by atoms with Gasteiger partial charge in [0.15, 0.2) is 11.6 Å². The van der Waals surface area contributed by atoms with Crippen molar-refractivity contribution in [3.63, 3.8) is 0 Å². The summed E-state index contributed by atoms with van der Waals surface area (Å²) in [5.74, 6) is -1.78. The van der Waals surface area contributed by atoms with Crippen LogP contribution in [-0.4, -0.2) is 64.7 Å². The van der Waals surface area contributed by atoms with Gasteiger partial charge in [0.25, 0.3) is 5.91 Å². The van der Waals surface area contributed by atoms with Crippen LogP contribution in [0.15, 0.2) is 42.5 Å². The van der Waals surface area contributed by atoms with Crippen molar-refractivity contribution in [1.82, 2.24) is 19.2 Å². The number of benzene rings is 3. The average molecular weight is 773 g/mol. The number of nitrogens with one attached hydrogen (secondary N) is 2. The molecule has 1 unspecified atom stereocenters. The molecular formula is C36H36Cl2FN5O7S. The maximum atomic E-state index is 15.6. The van der Waals surface area contributed by atoms with Gasteiger partial charge < -0.3 is 24.5 Å². The van der Waals surface area contributed by atoms with Crippen LogP contribution in [0.25, 0.3) is 11.1 Å². The van der Waals surface area contributed by atoms with E-state index in [9.17, 15) is 23.1 Å². The molecule has 0 spiro atoms. The highest BCUT2D eigenvalue weighted by atomic mass is 35.5. The van der Waals surface area contributed by atoms with E-state index in [1.54, 1.807) is 23.7 Å². The molecule has 1 aliphatic heterocycles. The number of methoxy groups -OCH3 is 1. The molecule has 3 aromatic carbocycles. The van der Waals surface area contributed by atoms with E-state index in [2.05, 4.69) is 15.6 Å². The maximum Gasteiger partial charge on any atom is 0.323 e. The number of rotatable bonds is 11. The van der Waals surface area contributed by atoms with Gasteiger partial charge in [0.05, 0.1) is 36.3 Å². The van der Waals surface area contributed by atoms with E-state index in [4.69, 9.17) is 32.7 Å². The lowest BCUT2D eigenvalue weighted by Gasteiger charge is -2.24. The van der Waals surface area contributed by atoms with Crippen molar-refractivity contribution in [2.45, 2.75) is 56.8 Å². The first-order chi connectivity index (χ1) is 24.7. The van der Waals surface area contributed by atoms with E-state index in [1.807, 2.05) is 24.3 Å². The molecule has 274 valence electrons. The van der Waals surface area contributed by atoms with E-state index < -0.39 is 39.4 Å². The number of fused-ring (bicyclic) bond motifs is 2. The zero-order valence-corrected chi connectivity index (χ0v) is 30.9. The fourth-order valence-electron chi connectivity index (χ4n) is 7.05. The third kappa shape index (κ3) is 6.51. The predicted octanol–water partition coefficient (Wildman–Crippen LogP) is 5.88. The van der Waals surface area contributed by atoms with Crippen molar-refractivity contribution >= 4 is 50.8 Å². The van der Waals surface area contributed by atoms with Crippen LogP contribution >= 0.6 is 23.2 Å². The van der Waals surface area contributed by atoms with Gasteiger partial charge in [-0.05, 0) is 48.4 Å². The highest BCUT2D eigenvalue weighted by Crippen LogP contribution is 2.46. The predicted molar refractivity (Wildman–Crippen MR) is 193 cm³/mol. The zero-order chi connectivity index (χ0) is 37.1. The molecule has 16 heteroatoms. The van der Waals surface area contributed by atoms with E-state index in [0.29, 0.717) is 60.6 Å². The Kier molecular flexibility index (Phi) is 9.49. The van der Waals surface area contributed by atoms with Gasteiger partial charge in [0, 0.05) is 49.4 Å². The van der Waals surface area contributed by atoms with Crippen LogP contribution in [0, 0.1) is 5.82 Å². The van der Waals surface area contributed by atoms with Crippen molar-refractivity contribution in [1.29, 1.82) is 0 Å². The standard InChI is InChI=1S/C36H36Cl2FN5O7S/c1-43-26-12-15-44(52(3,48)49)18-25(26)41-33(43)34(45)42-24-9-5-8-22(30(24)37)19-6-4-7-21-20(19)10-11-27(21)51-29-16-28(50-2)23(32(39)31(29)38)17-40-36(13-14-36)35(46)47/h4-9,16,27,40H,10-15,17-18H2,1-3H3,(H,42,45)(H,46,47). The first kappa shape index (κ1) is 36.2. The van der Waals surface area contributed by atoms with Crippen molar-refractivity contribution in [3.8, 4) is 22.6 Å². The number of ether oxygens (including phenoxy) is 2. The third-order valence-corrected chi connectivity index (χ3v) is 12.1. The molecule has 0 radical (unpaired) electrons. The Bertz CT molecular complexity index is 2240. The molecule has 2 heterocycles. The molecule has 2 aliphatic carbocycles. The first-order valence-electron chi connectivity index (χ1n) is 16.6. The van der Waals surface area contributed by atoms with Crippen molar-refractivity contribution in [2.75, 3.05) is 25.2 Å². The van der Waals surface area contributed by atoms with Gasteiger partial charge >= 0.3 is 5.97 Å². The quantitative estimate of drug-likeness (QED) is 0.170. The molecule has 52 heavy (non-hydrogen) atoms. The van der Waals surface area contributed by atoms with Crippen LogP contribution in [0.1, 0.15) is 64.1 Å². The van der Waals surface area contributed by atoms with E-state index in [1.165, 1.54) is 17.5 Å². The number of nitrogens with zero attached hydrogens (tertiary/aromatic N) is 3. The van der Waals surface area contributed by atoms with Gasteiger partial charge in [-0.2, -0.15) is 4.31 Å². The molecule has 1 atom stereocenters. The van der Waals surface area contributed by atoms with Crippen molar-refractivity contribution in [3.05, 3.63) is 92.2 Å². The highest BCUT2D eigenvalue weighted by molar-refractivity contribution is 7.88. The molecular weight excluding hydrogens is 736 g/mol. The lowest BCUT2D eigenvalue weighted by Crippen LogP contribution is -2.38. The Morgan fingerprint density at radius 1 is 1.10 bits per heavy atom. The summed E-state index contributed by atoms with van der Waals surface area (Å²) < 4.78 is 54.6. The second kappa shape index (κ2) is 13.6. The number of sulfonamides is 1. The number of hydrogen-bond donors (Lipinski definition) is 3. The van der Waals surface area contributed by atoms with Gasteiger partial charge in [0.2, 0.25) is 10.0 Å². The van der Waals surface area contributed by atoms with Crippen LogP contribution < -0.4 is 20.1 Å². The molecule has 12 nitrogen and oxygen atoms in total. The third-order valence-electron chi connectivity index (χ3n) is 10.1. The molecule has 3 N–H and O–H groups in total. The number of carboxylic acids is 1. The summed E-state index contributed by atoms with van der Waals surface area (Å²) in [6, 6.07) is 12.6. The van der Waals surface area contributed by atoms with Crippen LogP contribution in [-0.2, 0) is 47.8 Å². The molecule has 7 rings (SSSR count). The number of halogens is 3. The van der Waals surface area contributed by atoms with E-state index in [-0.39, 0.29) is 41.0 Å². The van der Waals surface area contributed by atoms with Gasteiger partial charge in [-0.1, -0.05) is 53.5 Å². The molecule has 1 aromatic heterocycles. The Morgan fingerprint density at radius 3 is 2.52 bits per heavy atom. The summed E-state index contributed by atoms with van der Waals surface area (Å²) in [7, 11) is -0.272. The van der Waals surface area contributed by atoms with Gasteiger partial charge in [-0.25, -0.2) is 17.8 Å². The number of carbonyl (C=O) groups is 2. The Morgan fingerprint density at radius 2 is 1.83 bits per heavy atom. The SMILES string of the molecule is COc1cc(OC2CCc3c(-c4cccc(NC(=O)c5nc6c(n5C)CCN(S(C)(=O)=O)C6)c4Cl)cccc32)c(Cl)c(F)c1CNC1(C(=O)O)CC1. The number of carboxylic acid groups (broad SMARTS) is 1. The van der Waals surface area contributed by atoms with Gasteiger partial charge in [-0.3, -0.25) is 14.9 Å². The molecule has 0 bridgehead atoms. The van der Waals surface area contributed by atoms with Crippen molar-refractivity contribution in [2.24, 2.45) is 7.05 Å². The first-order valence-corrected chi connectivity index (χ1v) is 19.2. The number of anilines is 1. The summed E-state index contributed by atoms with van der Waals surface area (Å²) in [5, 5.41) is 15.4. The van der Waals surface area contributed by atoms with Gasteiger partial charge in [-0.15, -0.1) is 0 Å². The topological polar surface area (TPSA) is 152 Å². The number of carbonyl (C=O) groups excluding carboxylic acids is 1. The number of hydrogen-bond acceptors (Lipinski definition) is 8. The fourth-order valence-corrected chi connectivity index (χ4v) is 8.32. The van der Waals surface area contributed by atoms with E-state index in [0.717, 1.165) is 28.6 Å². The largest absolute Gasteiger partial charge is 0.496 e. The highest BCUT2D eigenvalue weighted by Gasteiger charge is 2.50. The molecule has 1 saturated carbocycles. The average Bonchev–Trinajstić information content (AvgIpc) is 3.70. The molecule has 0 saturated heterocycles. The van der Waals surface area contributed by atoms with Crippen LogP contribution in [0.3, 0.4) is 0 Å². The molecule has 1 fully saturated rings. The van der Waals surface area contributed by atoms with Crippen LogP contribution in [0.5, 0.6) is 11.5 Å². The summed E-state index contributed by atoms with van der Waals surface area (Å²) in [6.07, 6.45) is 3.24. The number of aromatic nitrogens is 2. The Balaban J connectivity index is 1.11. The Hall–Kier alpha value is -4.21. The molecule has 4 aromatic rings. The lowest BCUT2D eigenvalue weighted by molar-refractivity contribution is -0.140. The summed E-state index contributed by atoms with van der Waals surface area (Å²) in [5.41, 5.74) is 4.18. The van der Waals surface area contributed by atoms with Crippen LogP contribution in [0.2, 0.25) is 10.0 Å². The normalized spacial score (nSPS) is 17.7. The molecule has 1 amide bonds. The zero-order valence-electron chi connectivity index (χ0n) is 28.6. The van der Waals surface area contributed by atoms with Crippen molar-refractivity contribution < 1.29 is 37.0 Å². The Labute approximate surface area is 309 Å². The van der Waals surface area contributed by atoms with E-state index >= 15 is 4.39 Å². The monoisotopic (exact) mass is 771 g/mol. The smallest absolute Gasteiger partial charge is 0.323 e. The van der Waals surface area contributed by atoms with Gasteiger partial charge in [0.1, 0.15) is 28.2 Å². The minimum absolute atomic E-state index is 0.0783. The minimum Gasteiger partial charge on any atom is -0.496 e.